The average molecular weight is 633 g/mol. The monoisotopic (exact) mass is 632 g/mol. The number of hydrogen-bond acceptors (Lipinski definition) is 4. The van der Waals surface area contributed by atoms with Crippen LogP contribution in [0.25, 0.3) is 48.8 Å². The Hall–Kier alpha value is -5.97. The first kappa shape index (κ1) is 29.2. The van der Waals surface area contributed by atoms with Crippen LogP contribution in [0, 0.1) is 0 Å². The molecule has 49 heavy (non-hydrogen) atoms. The Bertz CT molecular complexity index is 2550. The fourth-order valence-electron chi connectivity index (χ4n) is 7.67. The minimum absolute atomic E-state index is 0.00339. The van der Waals surface area contributed by atoms with Gasteiger partial charge in [-0.25, -0.2) is 0 Å². The van der Waals surface area contributed by atoms with Gasteiger partial charge in [-0.2, -0.15) is 0 Å². The summed E-state index contributed by atoms with van der Waals surface area (Å²) in [7, 11) is 0. The predicted octanol–water partition coefficient (Wildman–Crippen LogP) is 9.86. The molecule has 0 aromatic heterocycles. The van der Waals surface area contributed by atoms with Crippen molar-refractivity contribution in [3.8, 4) is 0 Å². The van der Waals surface area contributed by atoms with Crippen LogP contribution in [0.15, 0.2) is 168 Å². The van der Waals surface area contributed by atoms with Gasteiger partial charge in [-0.3, -0.25) is 10.3 Å². The van der Waals surface area contributed by atoms with Crippen LogP contribution in [-0.2, 0) is 0 Å². The summed E-state index contributed by atoms with van der Waals surface area (Å²) in [6, 6.07) is 47.7. The number of nitrogens with two attached hydrogens (primary N) is 1. The summed E-state index contributed by atoms with van der Waals surface area (Å²) < 4.78 is 0. The van der Waals surface area contributed by atoms with E-state index >= 15 is 0 Å². The second kappa shape index (κ2) is 11.9. The van der Waals surface area contributed by atoms with E-state index in [0.717, 1.165) is 16.8 Å². The second-order valence-electron chi connectivity index (χ2n) is 13.1. The molecule has 0 spiro atoms. The fraction of sp³-hybridized carbons (Fsp3) is 0.0889. The summed E-state index contributed by atoms with van der Waals surface area (Å²) in [6.07, 6.45) is 8.14. The average Bonchev–Trinajstić information content (AvgIpc) is 3.60. The van der Waals surface area contributed by atoms with Crippen molar-refractivity contribution in [2.24, 2.45) is 10.7 Å². The summed E-state index contributed by atoms with van der Waals surface area (Å²) in [5.41, 5.74) is 14.7. The largest absolute Gasteiger partial charge is 0.399 e. The Morgan fingerprint density at radius 2 is 1.22 bits per heavy atom. The topological polar surface area (TPSA) is 62.4 Å². The van der Waals surface area contributed by atoms with Crippen molar-refractivity contribution < 1.29 is 0 Å². The molecule has 4 nitrogen and oxygen atoms in total. The van der Waals surface area contributed by atoms with Crippen molar-refractivity contribution in [1.82, 2.24) is 10.6 Å². The first-order valence-electron chi connectivity index (χ1n) is 16.9. The van der Waals surface area contributed by atoms with Crippen LogP contribution < -0.4 is 16.4 Å². The molecule has 7 aromatic rings. The van der Waals surface area contributed by atoms with Crippen molar-refractivity contribution in [2.45, 2.75) is 25.2 Å². The van der Waals surface area contributed by atoms with Gasteiger partial charge in [0.1, 0.15) is 6.17 Å². The van der Waals surface area contributed by atoms with Gasteiger partial charge in [0.05, 0.1) is 12.1 Å². The maximum absolute atomic E-state index is 7.00. The third-order valence-corrected chi connectivity index (χ3v) is 10.1. The number of nitrogens with one attached hydrogen (secondary N) is 2. The van der Waals surface area contributed by atoms with Crippen molar-refractivity contribution in [3.63, 3.8) is 0 Å². The molecule has 0 bridgehead atoms. The molecule has 2 heterocycles. The zero-order chi connectivity index (χ0) is 32.9. The van der Waals surface area contributed by atoms with Gasteiger partial charge in [-0.1, -0.05) is 127 Å². The van der Waals surface area contributed by atoms with E-state index in [9.17, 15) is 0 Å². The number of allylic oxidation sites excluding steroid dienone is 2. The first-order chi connectivity index (χ1) is 24.1. The molecule has 9 rings (SSSR count). The van der Waals surface area contributed by atoms with E-state index in [-0.39, 0.29) is 18.2 Å². The predicted molar refractivity (Wildman–Crippen MR) is 206 cm³/mol. The van der Waals surface area contributed by atoms with Crippen LogP contribution in [0.1, 0.15) is 41.3 Å². The van der Waals surface area contributed by atoms with Crippen LogP contribution in [-0.4, -0.2) is 12.4 Å². The van der Waals surface area contributed by atoms with Gasteiger partial charge in [0, 0.05) is 23.2 Å². The molecule has 0 fully saturated rings. The lowest BCUT2D eigenvalue weighted by Gasteiger charge is -2.34. The summed E-state index contributed by atoms with van der Waals surface area (Å²) in [4.78, 5) is 4.80. The molecule has 4 heteroatoms. The standard InChI is InChI=1S/C45H36N4/c1-28(44-34-17-7-4-14-31(34)27-47-44)22-23-41(46)45-48-42(39-24-29-12-2-5-15-32(29)35-18-8-10-20-37(35)39)26-43(49-45)40-25-30-13-3-6-16-33(30)36-19-9-11-21-38(36)40/h2-27,42,44-45,48-49H,46H2,1H3/b28-22+,41-23-. The highest BCUT2D eigenvalue weighted by molar-refractivity contribution is 6.12. The number of rotatable bonds is 5. The second-order valence-corrected chi connectivity index (χ2v) is 13.1. The summed E-state index contributed by atoms with van der Waals surface area (Å²) >= 11 is 0. The van der Waals surface area contributed by atoms with Gasteiger partial charge >= 0.3 is 0 Å². The zero-order valence-corrected chi connectivity index (χ0v) is 27.3. The van der Waals surface area contributed by atoms with Crippen LogP contribution in [0.4, 0.5) is 0 Å². The SMILES string of the molecule is C/C(=C\C=C(/N)C1NC(c2cc3ccccc3c3ccccc23)=CC(c2cc3ccccc3c3ccccc23)N1)C1N=Cc2ccccc21. The van der Waals surface area contributed by atoms with Crippen molar-refractivity contribution in [2.75, 3.05) is 0 Å². The van der Waals surface area contributed by atoms with Gasteiger partial charge < -0.3 is 11.1 Å². The Morgan fingerprint density at radius 1 is 0.633 bits per heavy atom. The smallest absolute Gasteiger partial charge is 0.119 e. The summed E-state index contributed by atoms with van der Waals surface area (Å²) in [6.45, 7) is 2.13. The third-order valence-electron chi connectivity index (χ3n) is 10.1. The van der Waals surface area contributed by atoms with E-state index in [4.69, 9.17) is 10.7 Å². The lowest BCUT2D eigenvalue weighted by molar-refractivity contribution is 0.474. The molecular weight excluding hydrogens is 597 g/mol. The maximum atomic E-state index is 7.00. The van der Waals surface area contributed by atoms with Gasteiger partial charge in [-0.05, 0) is 96.6 Å². The van der Waals surface area contributed by atoms with E-state index in [1.54, 1.807) is 0 Å². The van der Waals surface area contributed by atoms with Gasteiger partial charge in [0.15, 0.2) is 0 Å². The highest BCUT2D eigenvalue weighted by Gasteiger charge is 2.27. The van der Waals surface area contributed by atoms with E-state index in [1.807, 2.05) is 12.3 Å². The zero-order valence-electron chi connectivity index (χ0n) is 27.3. The highest BCUT2D eigenvalue weighted by Crippen LogP contribution is 2.38. The first-order valence-corrected chi connectivity index (χ1v) is 16.9. The van der Waals surface area contributed by atoms with E-state index in [0.29, 0.717) is 5.70 Å². The number of aliphatic imine (C=N–C) groups is 1. The molecular formula is C45H36N4. The Balaban J connectivity index is 1.19. The number of hydrogen-bond donors (Lipinski definition) is 3. The minimum Gasteiger partial charge on any atom is -0.399 e. The van der Waals surface area contributed by atoms with Gasteiger partial charge in [0.2, 0.25) is 0 Å². The van der Waals surface area contributed by atoms with Crippen LogP contribution >= 0.6 is 0 Å². The molecule has 0 amide bonds. The Morgan fingerprint density at radius 3 is 1.98 bits per heavy atom. The molecule has 4 N–H and O–H groups in total. The molecule has 7 aromatic carbocycles. The third kappa shape index (κ3) is 5.09. The van der Waals surface area contributed by atoms with Crippen molar-refractivity contribution in [1.29, 1.82) is 0 Å². The van der Waals surface area contributed by atoms with E-state index < -0.39 is 0 Å². The summed E-state index contributed by atoms with van der Waals surface area (Å²) in [5.74, 6) is 0. The number of benzene rings is 7. The molecule has 0 radical (unpaired) electrons. The van der Waals surface area contributed by atoms with Crippen LogP contribution in [0.2, 0.25) is 0 Å². The maximum Gasteiger partial charge on any atom is 0.119 e. The minimum atomic E-state index is -0.316. The molecule has 0 aliphatic carbocycles. The molecule has 3 atom stereocenters. The van der Waals surface area contributed by atoms with Crippen molar-refractivity contribution >= 4 is 55.0 Å². The fourth-order valence-corrected chi connectivity index (χ4v) is 7.67. The highest BCUT2D eigenvalue weighted by atomic mass is 15.2. The molecule has 2 aliphatic heterocycles. The molecule has 236 valence electrons. The van der Waals surface area contributed by atoms with Crippen LogP contribution in [0.3, 0.4) is 0 Å². The summed E-state index contributed by atoms with van der Waals surface area (Å²) in [5, 5.41) is 17.6. The number of fused-ring (bicyclic) bond motifs is 7. The normalized spacial score (nSPS) is 19.4. The lowest BCUT2D eigenvalue weighted by Crippen LogP contribution is -2.49. The van der Waals surface area contributed by atoms with Gasteiger partial charge in [0.25, 0.3) is 0 Å². The van der Waals surface area contributed by atoms with Crippen molar-refractivity contribution in [3.05, 3.63) is 185 Å². The quantitative estimate of drug-likeness (QED) is 0.131. The molecule has 0 saturated carbocycles. The number of nitrogens with zero attached hydrogens (tertiary/aromatic N) is 1. The van der Waals surface area contributed by atoms with Gasteiger partial charge in [-0.15, -0.1) is 0 Å². The molecule has 3 unspecified atom stereocenters. The Labute approximate surface area is 286 Å². The Kier molecular flexibility index (Phi) is 7.10. The molecule has 0 saturated heterocycles. The molecule has 2 aliphatic rings. The lowest BCUT2D eigenvalue weighted by atomic mass is 9.90. The van der Waals surface area contributed by atoms with E-state index in [2.05, 4.69) is 163 Å². The van der Waals surface area contributed by atoms with E-state index in [1.165, 1.54) is 59.8 Å². The van der Waals surface area contributed by atoms with Crippen LogP contribution in [0.5, 0.6) is 0 Å².